The first-order chi connectivity index (χ1) is 8.16. The zero-order valence-corrected chi connectivity index (χ0v) is 12.4. The quantitative estimate of drug-likeness (QED) is 0.870. The Balaban J connectivity index is 0.00000162. The van der Waals surface area contributed by atoms with Crippen LogP contribution in [0.1, 0.15) is 5.56 Å². The average Bonchev–Trinajstić information content (AvgIpc) is 2.35. The summed E-state index contributed by atoms with van der Waals surface area (Å²) in [6, 6.07) is 5.48. The number of amides is 1. The van der Waals surface area contributed by atoms with Crippen molar-refractivity contribution in [3.8, 4) is 0 Å². The first-order valence-corrected chi connectivity index (χ1v) is 6.34. The summed E-state index contributed by atoms with van der Waals surface area (Å²) in [5.41, 5.74) is 1.90. The monoisotopic (exact) mass is 334 g/mol. The van der Waals surface area contributed by atoms with Gasteiger partial charge in [0.15, 0.2) is 0 Å². The van der Waals surface area contributed by atoms with Crippen molar-refractivity contribution in [2.24, 2.45) is 0 Å². The van der Waals surface area contributed by atoms with Crippen molar-refractivity contribution in [2.45, 2.75) is 13.0 Å². The summed E-state index contributed by atoms with van der Waals surface area (Å²) >= 11 is 3.43. The predicted octanol–water partition coefficient (Wildman–Crippen LogP) is 2.11. The Kier molecular flexibility index (Phi) is 6.08. The minimum Gasteiger partial charge on any atom is -0.378 e. The number of nitrogens with one attached hydrogen (secondary N) is 2. The Morgan fingerprint density at radius 3 is 2.94 bits per heavy atom. The Hall–Kier alpha value is -0.620. The highest BCUT2D eigenvalue weighted by Gasteiger charge is 2.21. The molecule has 1 heterocycles. The first kappa shape index (κ1) is 15.4. The fourth-order valence-electron chi connectivity index (χ4n) is 1.69. The summed E-state index contributed by atoms with van der Waals surface area (Å²) in [4.78, 5) is 11.9. The zero-order valence-electron chi connectivity index (χ0n) is 10.0. The lowest BCUT2D eigenvalue weighted by Crippen LogP contribution is -2.48. The van der Waals surface area contributed by atoms with E-state index in [1.165, 1.54) is 0 Å². The Morgan fingerprint density at radius 1 is 1.56 bits per heavy atom. The van der Waals surface area contributed by atoms with Crippen molar-refractivity contribution in [1.82, 2.24) is 5.32 Å². The molecule has 1 aromatic carbocycles. The number of rotatable bonds is 2. The van der Waals surface area contributed by atoms with E-state index in [1.54, 1.807) is 0 Å². The minimum atomic E-state index is -0.257. The summed E-state index contributed by atoms with van der Waals surface area (Å²) in [5, 5.41) is 6.00. The molecule has 100 valence electrons. The van der Waals surface area contributed by atoms with Gasteiger partial charge in [-0.05, 0) is 30.7 Å². The normalized spacial score (nSPS) is 18.9. The molecule has 1 fully saturated rings. The van der Waals surface area contributed by atoms with Gasteiger partial charge >= 0.3 is 0 Å². The van der Waals surface area contributed by atoms with Crippen molar-refractivity contribution in [1.29, 1.82) is 0 Å². The lowest BCUT2D eigenvalue weighted by atomic mass is 10.2. The lowest BCUT2D eigenvalue weighted by molar-refractivity contribution is -0.120. The van der Waals surface area contributed by atoms with Crippen LogP contribution in [0.3, 0.4) is 0 Å². The van der Waals surface area contributed by atoms with E-state index in [1.807, 2.05) is 25.1 Å². The number of hydrogen-bond donors (Lipinski definition) is 2. The molecule has 2 rings (SSSR count). The highest BCUT2D eigenvalue weighted by atomic mass is 79.9. The van der Waals surface area contributed by atoms with Crippen LogP contribution < -0.4 is 10.6 Å². The maximum atomic E-state index is 11.9. The van der Waals surface area contributed by atoms with Crippen LogP contribution in [0, 0.1) is 6.92 Å². The second kappa shape index (κ2) is 7.09. The summed E-state index contributed by atoms with van der Waals surface area (Å²) in [5.74, 6) is -0.0496. The number of benzene rings is 1. The largest absolute Gasteiger partial charge is 0.378 e. The number of morpholine rings is 1. The second-order valence-electron chi connectivity index (χ2n) is 4.03. The molecule has 0 aromatic heterocycles. The van der Waals surface area contributed by atoms with Crippen molar-refractivity contribution in [2.75, 3.05) is 25.1 Å². The van der Waals surface area contributed by atoms with E-state index in [4.69, 9.17) is 4.74 Å². The Bertz CT molecular complexity index is 423. The van der Waals surface area contributed by atoms with E-state index in [-0.39, 0.29) is 24.4 Å². The molecule has 18 heavy (non-hydrogen) atoms. The van der Waals surface area contributed by atoms with Gasteiger partial charge in [0, 0.05) is 16.7 Å². The number of aryl methyl sites for hydroxylation is 1. The third-order valence-electron chi connectivity index (χ3n) is 2.66. The summed E-state index contributed by atoms with van der Waals surface area (Å²) < 4.78 is 6.29. The molecule has 0 aliphatic carbocycles. The molecule has 0 bridgehead atoms. The van der Waals surface area contributed by atoms with Gasteiger partial charge < -0.3 is 15.4 Å². The van der Waals surface area contributed by atoms with Gasteiger partial charge in [-0.15, -0.1) is 12.4 Å². The van der Waals surface area contributed by atoms with Crippen LogP contribution in [-0.2, 0) is 9.53 Å². The van der Waals surface area contributed by atoms with Gasteiger partial charge in [0.1, 0.15) is 6.04 Å². The summed E-state index contributed by atoms with van der Waals surface area (Å²) in [7, 11) is 0. The maximum Gasteiger partial charge on any atom is 0.243 e. The number of carbonyl (C=O) groups excluding carboxylic acids is 1. The number of halogens is 2. The molecule has 1 aliphatic rings. The molecular formula is C12H16BrClN2O2. The van der Waals surface area contributed by atoms with Crippen LogP contribution in [0.25, 0.3) is 0 Å². The molecule has 2 N–H and O–H groups in total. The molecule has 1 saturated heterocycles. The smallest absolute Gasteiger partial charge is 0.243 e. The maximum absolute atomic E-state index is 11.9. The van der Waals surface area contributed by atoms with Gasteiger partial charge in [0.25, 0.3) is 0 Å². The Labute approximate surface area is 121 Å². The van der Waals surface area contributed by atoms with E-state index >= 15 is 0 Å². The molecule has 0 radical (unpaired) electrons. The number of carbonyl (C=O) groups is 1. The molecule has 0 saturated carbocycles. The number of hydrogen-bond acceptors (Lipinski definition) is 3. The molecule has 1 atom stereocenters. The van der Waals surface area contributed by atoms with E-state index in [9.17, 15) is 4.79 Å². The predicted molar refractivity (Wildman–Crippen MR) is 77.4 cm³/mol. The first-order valence-electron chi connectivity index (χ1n) is 5.55. The van der Waals surface area contributed by atoms with Gasteiger partial charge in [-0.1, -0.05) is 15.9 Å². The van der Waals surface area contributed by atoms with Crippen molar-refractivity contribution >= 4 is 39.9 Å². The van der Waals surface area contributed by atoms with Crippen molar-refractivity contribution in [3.05, 3.63) is 28.2 Å². The SMILES string of the molecule is Cc1cc(NC(=O)C2COCCN2)ccc1Br.Cl. The molecule has 4 nitrogen and oxygen atoms in total. The number of anilines is 1. The van der Waals surface area contributed by atoms with Crippen LogP contribution in [0.15, 0.2) is 22.7 Å². The van der Waals surface area contributed by atoms with E-state index in [0.29, 0.717) is 13.2 Å². The van der Waals surface area contributed by atoms with Gasteiger partial charge in [-0.2, -0.15) is 0 Å². The fraction of sp³-hybridized carbons (Fsp3) is 0.417. The van der Waals surface area contributed by atoms with Crippen molar-refractivity contribution < 1.29 is 9.53 Å². The molecule has 1 unspecified atom stereocenters. The highest BCUT2D eigenvalue weighted by molar-refractivity contribution is 9.10. The third-order valence-corrected chi connectivity index (χ3v) is 3.55. The van der Waals surface area contributed by atoms with Crippen LogP contribution in [0.5, 0.6) is 0 Å². The Morgan fingerprint density at radius 2 is 2.33 bits per heavy atom. The molecular weight excluding hydrogens is 320 g/mol. The van der Waals surface area contributed by atoms with Crippen LogP contribution in [0.2, 0.25) is 0 Å². The van der Waals surface area contributed by atoms with Gasteiger partial charge in [-0.3, -0.25) is 4.79 Å². The summed E-state index contributed by atoms with van der Waals surface area (Å²) in [6.45, 7) is 3.81. The molecule has 6 heteroatoms. The molecule has 0 spiro atoms. The molecule has 1 aliphatic heterocycles. The number of ether oxygens (including phenoxy) is 1. The van der Waals surface area contributed by atoms with Crippen LogP contribution in [0.4, 0.5) is 5.69 Å². The van der Waals surface area contributed by atoms with Crippen molar-refractivity contribution in [3.63, 3.8) is 0 Å². The minimum absolute atomic E-state index is 0. The average molecular weight is 336 g/mol. The molecule has 1 amide bonds. The van der Waals surface area contributed by atoms with Gasteiger partial charge in [-0.25, -0.2) is 0 Å². The second-order valence-corrected chi connectivity index (χ2v) is 4.89. The van der Waals surface area contributed by atoms with E-state index < -0.39 is 0 Å². The molecule has 1 aromatic rings. The van der Waals surface area contributed by atoms with Gasteiger partial charge in [0.05, 0.1) is 13.2 Å². The fourth-order valence-corrected chi connectivity index (χ4v) is 1.93. The van der Waals surface area contributed by atoms with E-state index in [0.717, 1.165) is 22.3 Å². The highest BCUT2D eigenvalue weighted by Crippen LogP contribution is 2.20. The zero-order chi connectivity index (χ0) is 12.3. The third kappa shape index (κ3) is 3.95. The van der Waals surface area contributed by atoms with Crippen LogP contribution in [-0.4, -0.2) is 31.7 Å². The lowest BCUT2D eigenvalue weighted by Gasteiger charge is -2.23. The van der Waals surface area contributed by atoms with Gasteiger partial charge in [0.2, 0.25) is 5.91 Å². The summed E-state index contributed by atoms with van der Waals surface area (Å²) in [6.07, 6.45) is 0. The van der Waals surface area contributed by atoms with Crippen LogP contribution >= 0.6 is 28.3 Å². The standard InChI is InChI=1S/C12H15BrN2O2.ClH/c1-8-6-9(2-3-10(8)13)15-12(16)11-7-17-5-4-14-11;/h2-3,6,11,14H,4-5,7H2,1H3,(H,15,16);1H. The topological polar surface area (TPSA) is 50.4 Å². The van der Waals surface area contributed by atoms with E-state index in [2.05, 4.69) is 26.6 Å².